The van der Waals surface area contributed by atoms with Crippen LogP contribution in [-0.2, 0) is 11.2 Å². The average Bonchev–Trinajstić information content (AvgIpc) is 2.79. The third-order valence-electron chi connectivity index (χ3n) is 4.46. The summed E-state index contributed by atoms with van der Waals surface area (Å²) in [6, 6.07) is 22.0. The van der Waals surface area contributed by atoms with Crippen molar-refractivity contribution in [3.8, 4) is 0 Å². The average molecular weight is 449 g/mol. The van der Waals surface area contributed by atoms with Gasteiger partial charge >= 0.3 is 0 Å². The number of nitrogens with zero attached hydrogens (tertiary/aromatic N) is 1. The minimum absolute atomic E-state index is 0.0427. The third kappa shape index (κ3) is 6.71. The van der Waals surface area contributed by atoms with Crippen LogP contribution in [0.2, 0.25) is 0 Å². The van der Waals surface area contributed by atoms with Gasteiger partial charge in [0.1, 0.15) is 0 Å². The predicted octanol–water partition coefficient (Wildman–Crippen LogP) is 4.29. The normalized spacial score (nSPS) is 10.1. The first kappa shape index (κ1) is 22.6. The van der Waals surface area contributed by atoms with Crippen molar-refractivity contribution in [2.24, 2.45) is 0 Å². The van der Waals surface area contributed by atoms with Crippen molar-refractivity contribution in [3.63, 3.8) is 0 Å². The van der Waals surface area contributed by atoms with E-state index in [9.17, 15) is 19.7 Å². The Balaban J connectivity index is 1.48. The van der Waals surface area contributed by atoms with E-state index in [0.29, 0.717) is 24.2 Å². The van der Waals surface area contributed by atoms with E-state index < -0.39 is 10.8 Å². The molecule has 0 aliphatic heterocycles. The first-order chi connectivity index (χ1) is 15.4. The van der Waals surface area contributed by atoms with E-state index in [1.165, 1.54) is 24.3 Å². The second-order valence-electron chi connectivity index (χ2n) is 6.83. The van der Waals surface area contributed by atoms with Gasteiger partial charge in [0.25, 0.3) is 11.6 Å². The molecule has 0 heterocycles. The van der Waals surface area contributed by atoms with Crippen molar-refractivity contribution < 1.29 is 14.5 Å². The second-order valence-corrected chi connectivity index (χ2v) is 7.24. The molecular formula is C23H20N4O4S. The number of hydrogen-bond acceptors (Lipinski definition) is 5. The molecule has 2 amide bonds. The molecule has 0 aliphatic rings. The van der Waals surface area contributed by atoms with Gasteiger partial charge in [-0.25, -0.2) is 0 Å². The molecule has 0 unspecified atom stereocenters. The molecule has 0 saturated carbocycles. The number of nitrogens with one attached hydrogen (secondary N) is 3. The van der Waals surface area contributed by atoms with Crippen molar-refractivity contribution in [1.82, 2.24) is 5.32 Å². The lowest BCUT2D eigenvalue weighted by atomic mass is 10.1. The summed E-state index contributed by atoms with van der Waals surface area (Å²) < 4.78 is 0. The van der Waals surface area contributed by atoms with Crippen LogP contribution in [0, 0.1) is 10.1 Å². The fourth-order valence-electron chi connectivity index (χ4n) is 2.86. The maximum Gasteiger partial charge on any atom is 0.270 e. The van der Waals surface area contributed by atoms with Gasteiger partial charge < -0.3 is 10.6 Å². The van der Waals surface area contributed by atoms with Gasteiger partial charge in [0.05, 0.1) is 4.92 Å². The number of thiocarbonyl (C=S) groups is 1. The van der Waals surface area contributed by atoms with E-state index in [0.717, 1.165) is 5.56 Å². The zero-order valence-corrected chi connectivity index (χ0v) is 17.7. The molecular weight excluding hydrogens is 428 g/mol. The van der Waals surface area contributed by atoms with Gasteiger partial charge in [-0.2, -0.15) is 0 Å². The van der Waals surface area contributed by atoms with Gasteiger partial charge in [-0.15, -0.1) is 0 Å². The van der Waals surface area contributed by atoms with Gasteiger partial charge in [0.2, 0.25) is 5.91 Å². The van der Waals surface area contributed by atoms with E-state index in [-0.39, 0.29) is 22.3 Å². The summed E-state index contributed by atoms with van der Waals surface area (Å²) >= 11 is 5.13. The van der Waals surface area contributed by atoms with Crippen LogP contribution in [0.15, 0.2) is 78.9 Å². The molecule has 32 heavy (non-hydrogen) atoms. The number of non-ortho nitro benzene ring substituents is 1. The number of rotatable bonds is 7. The number of aryl methyl sites for hydroxylation is 1. The molecule has 0 spiro atoms. The lowest BCUT2D eigenvalue weighted by Crippen LogP contribution is -2.34. The summed E-state index contributed by atoms with van der Waals surface area (Å²) in [5.41, 5.74) is 2.29. The lowest BCUT2D eigenvalue weighted by Gasteiger charge is -2.11. The Kier molecular flexibility index (Phi) is 7.60. The van der Waals surface area contributed by atoms with Crippen molar-refractivity contribution in [3.05, 3.63) is 100 Å². The van der Waals surface area contributed by atoms with E-state index in [1.54, 1.807) is 24.3 Å². The summed E-state index contributed by atoms with van der Waals surface area (Å²) in [5.74, 6) is -0.650. The SMILES string of the molecule is O=C(CCc1ccccc1)Nc1ccc(NC(=S)NC(=O)c2cccc([N+](=O)[O-])c2)cc1. The van der Waals surface area contributed by atoms with Crippen LogP contribution in [0.25, 0.3) is 0 Å². The molecule has 0 atom stereocenters. The van der Waals surface area contributed by atoms with Gasteiger partial charge in [-0.05, 0) is 54.5 Å². The van der Waals surface area contributed by atoms with Crippen LogP contribution < -0.4 is 16.0 Å². The maximum absolute atomic E-state index is 12.3. The molecule has 0 radical (unpaired) electrons. The Morgan fingerprint density at radius 3 is 2.19 bits per heavy atom. The smallest absolute Gasteiger partial charge is 0.270 e. The van der Waals surface area contributed by atoms with E-state index >= 15 is 0 Å². The van der Waals surface area contributed by atoms with Crippen molar-refractivity contribution in [1.29, 1.82) is 0 Å². The Labute approximate surface area is 189 Å². The molecule has 3 aromatic rings. The molecule has 3 N–H and O–H groups in total. The number of carbonyl (C=O) groups excluding carboxylic acids is 2. The molecule has 0 aromatic heterocycles. The maximum atomic E-state index is 12.3. The summed E-state index contributed by atoms with van der Waals surface area (Å²) in [6.45, 7) is 0. The number of amides is 2. The first-order valence-corrected chi connectivity index (χ1v) is 10.1. The quantitative estimate of drug-likeness (QED) is 0.282. The van der Waals surface area contributed by atoms with Crippen LogP contribution in [0.3, 0.4) is 0 Å². The summed E-state index contributed by atoms with van der Waals surface area (Å²) in [5, 5.41) is 19.1. The monoisotopic (exact) mass is 448 g/mol. The highest BCUT2D eigenvalue weighted by molar-refractivity contribution is 7.80. The molecule has 0 bridgehead atoms. The number of hydrogen-bond donors (Lipinski definition) is 3. The zero-order chi connectivity index (χ0) is 22.9. The van der Waals surface area contributed by atoms with Crippen molar-refractivity contribution >= 4 is 46.2 Å². The van der Waals surface area contributed by atoms with Gasteiger partial charge in [-0.1, -0.05) is 36.4 Å². The Morgan fingerprint density at radius 2 is 1.53 bits per heavy atom. The standard InChI is InChI=1S/C23H20N4O4S/c28-21(14-9-16-5-2-1-3-6-16)24-18-10-12-19(13-11-18)25-23(32)26-22(29)17-7-4-8-20(15-17)27(30)31/h1-8,10-13,15H,9,14H2,(H,24,28)(H2,25,26,29,32). The highest BCUT2D eigenvalue weighted by Crippen LogP contribution is 2.15. The number of carbonyl (C=O) groups is 2. The molecule has 0 saturated heterocycles. The molecule has 3 rings (SSSR count). The fraction of sp³-hybridized carbons (Fsp3) is 0.0870. The Morgan fingerprint density at radius 1 is 0.875 bits per heavy atom. The van der Waals surface area contributed by atoms with Crippen LogP contribution in [0.4, 0.5) is 17.1 Å². The molecule has 0 aliphatic carbocycles. The summed E-state index contributed by atoms with van der Waals surface area (Å²) in [4.78, 5) is 34.7. The predicted molar refractivity (Wildman–Crippen MR) is 127 cm³/mol. The second kappa shape index (κ2) is 10.8. The van der Waals surface area contributed by atoms with Gasteiger partial charge in [0, 0.05) is 35.5 Å². The molecule has 3 aromatic carbocycles. The molecule has 9 heteroatoms. The van der Waals surface area contributed by atoms with Crippen LogP contribution in [-0.4, -0.2) is 21.9 Å². The van der Waals surface area contributed by atoms with E-state index in [2.05, 4.69) is 16.0 Å². The van der Waals surface area contributed by atoms with Crippen LogP contribution in [0.1, 0.15) is 22.3 Å². The number of anilines is 2. The lowest BCUT2D eigenvalue weighted by molar-refractivity contribution is -0.384. The fourth-order valence-corrected chi connectivity index (χ4v) is 3.07. The minimum atomic E-state index is -0.574. The first-order valence-electron chi connectivity index (χ1n) is 9.71. The van der Waals surface area contributed by atoms with E-state index in [1.807, 2.05) is 30.3 Å². The van der Waals surface area contributed by atoms with Crippen LogP contribution in [0.5, 0.6) is 0 Å². The van der Waals surface area contributed by atoms with Gasteiger partial charge in [0.15, 0.2) is 5.11 Å². The van der Waals surface area contributed by atoms with Crippen molar-refractivity contribution in [2.45, 2.75) is 12.8 Å². The Hall–Kier alpha value is -4.11. The summed E-state index contributed by atoms with van der Waals surface area (Å²) in [6.07, 6.45) is 1.03. The number of nitro groups is 1. The third-order valence-corrected chi connectivity index (χ3v) is 4.66. The highest BCUT2D eigenvalue weighted by atomic mass is 32.1. The number of nitro benzene ring substituents is 1. The van der Waals surface area contributed by atoms with Crippen LogP contribution >= 0.6 is 12.2 Å². The highest BCUT2D eigenvalue weighted by Gasteiger charge is 2.13. The zero-order valence-electron chi connectivity index (χ0n) is 16.9. The largest absolute Gasteiger partial charge is 0.332 e. The topological polar surface area (TPSA) is 113 Å². The molecule has 8 nitrogen and oxygen atoms in total. The molecule has 0 fully saturated rings. The Bertz CT molecular complexity index is 1130. The summed E-state index contributed by atoms with van der Waals surface area (Å²) in [7, 11) is 0. The molecule has 162 valence electrons. The number of benzene rings is 3. The minimum Gasteiger partial charge on any atom is -0.332 e. The van der Waals surface area contributed by atoms with E-state index in [4.69, 9.17) is 12.2 Å². The van der Waals surface area contributed by atoms with Gasteiger partial charge in [-0.3, -0.25) is 25.0 Å². The van der Waals surface area contributed by atoms with Crippen molar-refractivity contribution in [2.75, 3.05) is 10.6 Å².